The van der Waals surface area contributed by atoms with E-state index in [0.29, 0.717) is 12.3 Å². The molecule has 7 nitrogen and oxygen atoms in total. The maximum absolute atomic E-state index is 12.0. The van der Waals surface area contributed by atoms with Crippen molar-refractivity contribution >= 4 is 5.91 Å². The molecule has 0 saturated heterocycles. The number of amides is 1. The second kappa shape index (κ2) is 6.31. The van der Waals surface area contributed by atoms with Crippen molar-refractivity contribution in [2.24, 2.45) is 5.41 Å². The van der Waals surface area contributed by atoms with Crippen molar-refractivity contribution < 1.29 is 14.4 Å². The minimum Gasteiger partial charge on any atom is -0.391 e. The van der Waals surface area contributed by atoms with E-state index < -0.39 is 6.10 Å². The number of hydrogen-bond donors (Lipinski definition) is 2. The van der Waals surface area contributed by atoms with Crippen molar-refractivity contribution in [3.05, 3.63) is 35.5 Å². The molecule has 2 rings (SSSR count). The average Bonchev–Trinajstić information content (AvgIpc) is 3.04. The Balaban J connectivity index is 1.92. The zero-order valence-corrected chi connectivity index (χ0v) is 13.3. The SMILES string of the molecule is Cc1cnn(Cc2cc(C(=O)NCC(O)C(C)(C)C)no2)c1. The van der Waals surface area contributed by atoms with Gasteiger partial charge in [-0.15, -0.1) is 0 Å². The van der Waals surface area contributed by atoms with E-state index >= 15 is 0 Å². The fraction of sp³-hybridized carbons (Fsp3) is 0.533. The molecule has 0 aliphatic rings. The Kier molecular flexibility index (Phi) is 4.65. The molecule has 120 valence electrons. The number of aliphatic hydroxyl groups is 1. The first-order chi connectivity index (χ1) is 10.3. The van der Waals surface area contributed by atoms with Gasteiger partial charge in [-0.1, -0.05) is 25.9 Å². The molecule has 0 fully saturated rings. The van der Waals surface area contributed by atoms with Gasteiger partial charge in [-0.3, -0.25) is 9.48 Å². The number of aromatic nitrogens is 3. The van der Waals surface area contributed by atoms with E-state index in [0.717, 1.165) is 5.56 Å². The van der Waals surface area contributed by atoms with Gasteiger partial charge in [0, 0.05) is 18.8 Å². The Bertz CT molecular complexity index is 639. The Labute approximate surface area is 129 Å². The van der Waals surface area contributed by atoms with Crippen LogP contribution in [0, 0.1) is 12.3 Å². The van der Waals surface area contributed by atoms with Crippen molar-refractivity contribution in [3.63, 3.8) is 0 Å². The van der Waals surface area contributed by atoms with Crippen LogP contribution in [0.1, 0.15) is 42.6 Å². The fourth-order valence-electron chi connectivity index (χ4n) is 1.79. The lowest BCUT2D eigenvalue weighted by Crippen LogP contribution is -2.39. The maximum Gasteiger partial charge on any atom is 0.273 e. The molecular formula is C15H22N4O3. The van der Waals surface area contributed by atoms with E-state index in [4.69, 9.17) is 4.52 Å². The fourth-order valence-corrected chi connectivity index (χ4v) is 1.79. The van der Waals surface area contributed by atoms with Crippen LogP contribution in [-0.2, 0) is 6.54 Å². The van der Waals surface area contributed by atoms with Gasteiger partial charge < -0.3 is 14.9 Å². The largest absolute Gasteiger partial charge is 0.391 e. The van der Waals surface area contributed by atoms with Crippen molar-refractivity contribution in [3.8, 4) is 0 Å². The van der Waals surface area contributed by atoms with Crippen molar-refractivity contribution in [1.82, 2.24) is 20.3 Å². The van der Waals surface area contributed by atoms with Gasteiger partial charge in [0.15, 0.2) is 11.5 Å². The minimum atomic E-state index is -0.630. The Morgan fingerprint density at radius 3 is 2.82 bits per heavy atom. The topological polar surface area (TPSA) is 93.2 Å². The highest BCUT2D eigenvalue weighted by molar-refractivity contribution is 5.92. The summed E-state index contributed by atoms with van der Waals surface area (Å²) in [5, 5.41) is 20.5. The lowest BCUT2D eigenvalue weighted by molar-refractivity contribution is 0.0584. The summed E-state index contributed by atoms with van der Waals surface area (Å²) in [6.45, 7) is 8.25. The van der Waals surface area contributed by atoms with Gasteiger partial charge in [0.1, 0.15) is 6.54 Å². The molecule has 0 radical (unpaired) electrons. The number of carbonyl (C=O) groups excluding carboxylic acids is 1. The van der Waals surface area contributed by atoms with Crippen LogP contribution >= 0.6 is 0 Å². The molecule has 0 spiro atoms. The minimum absolute atomic E-state index is 0.170. The van der Waals surface area contributed by atoms with Gasteiger partial charge in [-0.25, -0.2) is 0 Å². The standard InChI is InChI=1S/C15H22N4O3/c1-10-6-17-19(8-10)9-11-5-12(18-22-11)14(21)16-7-13(20)15(2,3)4/h5-6,8,13,20H,7,9H2,1-4H3,(H,16,21). The van der Waals surface area contributed by atoms with Crippen LogP contribution in [-0.4, -0.2) is 38.6 Å². The lowest BCUT2D eigenvalue weighted by Gasteiger charge is -2.25. The molecule has 1 unspecified atom stereocenters. The first-order valence-corrected chi connectivity index (χ1v) is 7.16. The molecule has 0 aromatic carbocycles. The van der Waals surface area contributed by atoms with Crippen LogP contribution in [0.5, 0.6) is 0 Å². The molecular weight excluding hydrogens is 284 g/mol. The second-order valence-electron chi connectivity index (χ2n) is 6.49. The number of hydrogen-bond acceptors (Lipinski definition) is 5. The third kappa shape index (κ3) is 4.17. The van der Waals surface area contributed by atoms with Gasteiger partial charge >= 0.3 is 0 Å². The first kappa shape index (κ1) is 16.2. The van der Waals surface area contributed by atoms with E-state index in [1.807, 2.05) is 33.9 Å². The summed E-state index contributed by atoms with van der Waals surface area (Å²) in [6.07, 6.45) is 3.00. The van der Waals surface area contributed by atoms with Gasteiger partial charge in [-0.05, 0) is 17.9 Å². The third-order valence-corrected chi connectivity index (χ3v) is 3.33. The molecule has 2 aromatic heterocycles. The molecule has 0 saturated carbocycles. The van der Waals surface area contributed by atoms with E-state index in [-0.39, 0.29) is 23.6 Å². The lowest BCUT2D eigenvalue weighted by atomic mass is 9.89. The summed E-state index contributed by atoms with van der Waals surface area (Å²) in [4.78, 5) is 12.0. The van der Waals surface area contributed by atoms with Gasteiger partial charge in [-0.2, -0.15) is 5.10 Å². The molecule has 2 aromatic rings. The summed E-state index contributed by atoms with van der Waals surface area (Å²) in [6, 6.07) is 1.58. The molecule has 2 N–H and O–H groups in total. The van der Waals surface area contributed by atoms with E-state index in [1.165, 1.54) is 0 Å². The normalized spacial score (nSPS) is 13.1. The van der Waals surface area contributed by atoms with Crippen LogP contribution in [0.15, 0.2) is 23.0 Å². The average molecular weight is 306 g/mol. The number of rotatable bonds is 5. The zero-order chi connectivity index (χ0) is 16.3. The second-order valence-corrected chi connectivity index (χ2v) is 6.49. The van der Waals surface area contributed by atoms with Crippen LogP contribution in [0.2, 0.25) is 0 Å². The molecule has 0 aliphatic carbocycles. The molecule has 7 heteroatoms. The van der Waals surface area contributed by atoms with Gasteiger partial charge in [0.2, 0.25) is 0 Å². The zero-order valence-electron chi connectivity index (χ0n) is 13.3. The van der Waals surface area contributed by atoms with Crippen molar-refractivity contribution in [2.45, 2.75) is 40.3 Å². The van der Waals surface area contributed by atoms with Crippen molar-refractivity contribution in [1.29, 1.82) is 0 Å². The summed E-state index contributed by atoms with van der Waals surface area (Å²) in [5.41, 5.74) is 0.953. The summed E-state index contributed by atoms with van der Waals surface area (Å²) in [7, 11) is 0. The molecule has 22 heavy (non-hydrogen) atoms. The molecule has 0 aliphatic heterocycles. The monoisotopic (exact) mass is 306 g/mol. The number of aryl methyl sites for hydroxylation is 1. The number of nitrogens with one attached hydrogen (secondary N) is 1. The van der Waals surface area contributed by atoms with Crippen LogP contribution < -0.4 is 5.32 Å². The number of aliphatic hydroxyl groups excluding tert-OH is 1. The predicted molar refractivity (Wildman–Crippen MR) is 80.4 cm³/mol. The summed E-state index contributed by atoms with van der Waals surface area (Å²) >= 11 is 0. The molecule has 2 heterocycles. The Morgan fingerprint density at radius 1 is 1.50 bits per heavy atom. The Hall–Kier alpha value is -2.15. The highest BCUT2D eigenvalue weighted by Crippen LogP contribution is 2.18. The van der Waals surface area contributed by atoms with Gasteiger partial charge in [0.05, 0.1) is 12.3 Å². The van der Waals surface area contributed by atoms with Gasteiger partial charge in [0.25, 0.3) is 5.91 Å². The highest BCUT2D eigenvalue weighted by Gasteiger charge is 2.23. The van der Waals surface area contributed by atoms with Crippen LogP contribution in [0.4, 0.5) is 0 Å². The molecule has 1 atom stereocenters. The number of carbonyl (C=O) groups is 1. The highest BCUT2D eigenvalue weighted by atomic mass is 16.5. The van der Waals surface area contributed by atoms with Crippen LogP contribution in [0.25, 0.3) is 0 Å². The summed E-state index contributed by atoms with van der Waals surface area (Å²) < 4.78 is 6.85. The first-order valence-electron chi connectivity index (χ1n) is 7.16. The van der Waals surface area contributed by atoms with E-state index in [2.05, 4.69) is 15.6 Å². The van der Waals surface area contributed by atoms with Crippen molar-refractivity contribution in [2.75, 3.05) is 6.54 Å². The smallest absolute Gasteiger partial charge is 0.273 e. The maximum atomic E-state index is 12.0. The third-order valence-electron chi connectivity index (χ3n) is 3.33. The molecule has 1 amide bonds. The molecule has 0 bridgehead atoms. The Morgan fingerprint density at radius 2 is 2.23 bits per heavy atom. The number of nitrogens with zero attached hydrogens (tertiary/aromatic N) is 3. The van der Waals surface area contributed by atoms with E-state index in [1.54, 1.807) is 16.9 Å². The van der Waals surface area contributed by atoms with Crippen LogP contribution in [0.3, 0.4) is 0 Å². The van der Waals surface area contributed by atoms with E-state index in [9.17, 15) is 9.90 Å². The predicted octanol–water partition coefficient (Wildman–Crippen LogP) is 1.36. The quantitative estimate of drug-likeness (QED) is 0.870. The summed E-state index contributed by atoms with van der Waals surface area (Å²) in [5.74, 6) is 0.180.